The fraction of sp³-hybridized carbons (Fsp3) is 0.393. The predicted octanol–water partition coefficient (Wildman–Crippen LogP) is 4.27. The summed E-state index contributed by atoms with van der Waals surface area (Å²) in [4.78, 5) is 24.8. The van der Waals surface area contributed by atoms with Crippen molar-refractivity contribution in [2.45, 2.75) is 58.5 Å². The van der Waals surface area contributed by atoms with Crippen LogP contribution in [0.4, 0.5) is 10.2 Å². The van der Waals surface area contributed by atoms with E-state index in [0.29, 0.717) is 53.1 Å². The third-order valence-electron chi connectivity index (χ3n) is 7.17. The number of hydrogen-bond donors (Lipinski definition) is 0. The number of aromatic nitrogens is 5. The van der Waals surface area contributed by atoms with E-state index in [2.05, 4.69) is 5.16 Å². The molecular weight excluding hydrogens is 503 g/mol. The first-order valence-corrected chi connectivity index (χ1v) is 12.8. The molecule has 1 amide bonds. The van der Waals surface area contributed by atoms with Crippen molar-refractivity contribution in [2.75, 3.05) is 18.1 Å². The van der Waals surface area contributed by atoms with Crippen LogP contribution >= 0.6 is 0 Å². The zero-order chi connectivity index (χ0) is 27.5. The van der Waals surface area contributed by atoms with Gasteiger partial charge in [0, 0.05) is 22.9 Å². The molecule has 2 aliphatic rings. The number of rotatable bonds is 6. The molecular formula is C28H29FN6O4. The van der Waals surface area contributed by atoms with E-state index in [1.54, 1.807) is 39.9 Å². The molecule has 2 aliphatic heterocycles. The Bertz CT molecular complexity index is 1560. The van der Waals surface area contributed by atoms with Gasteiger partial charge in [-0.15, -0.1) is 0 Å². The van der Waals surface area contributed by atoms with Crippen molar-refractivity contribution in [3.05, 3.63) is 65.3 Å². The average molecular weight is 533 g/mol. The molecule has 5 heterocycles. The minimum absolute atomic E-state index is 0.0753. The van der Waals surface area contributed by atoms with Gasteiger partial charge in [-0.3, -0.25) is 14.4 Å². The highest BCUT2D eigenvalue weighted by atomic mass is 19.1. The van der Waals surface area contributed by atoms with Crippen LogP contribution in [0.25, 0.3) is 22.9 Å². The van der Waals surface area contributed by atoms with Gasteiger partial charge >= 0.3 is 0 Å². The second-order valence-electron chi connectivity index (χ2n) is 10.9. The number of halogens is 1. The number of benzene rings is 1. The maximum absolute atomic E-state index is 14.5. The van der Waals surface area contributed by atoms with E-state index in [0.717, 1.165) is 5.56 Å². The lowest BCUT2D eigenvalue weighted by Crippen LogP contribution is -2.41. The van der Waals surface area contributed by atoms with Gasteiger partial charge in [-0.25, -0.2) is 14.4 Å². The zero-order valence-electron chi connectivity index (χ0n) is 22.4. The topological polar surface area (TPSA) is 108 Å². The Morgan fingerprint density at radius 1 is 1.10 bits per heavy atom. The number of aryl methyl sites for hydroxylation is 1. The molecule has 3 aromatic heterocycles. The smallest absolute Gasteiger partial charge is 0.238 e. The maximum Gasteiger partial charge on any atom is 0.238 e. The molecule has 1 aromatic carbocycles. The van der Waals surface area contributed by atoms with Gasteiger partial charge < -0.3 is 14.0 Å². The molecule has 0 bridgehead atoms. The molecule has 4 aromatic rings. The third-order valence-corrected chi connectivity index (χ3v) is 7.17. The number of hydrogen-bond acceptors (Lipinski definition) is 8. The summed E-state index contributed by atoms with van der Waals surface area (Å²) in [6.07, 6.45) is 1.18. The standard InChI is InChI=1S/C28H29FN6O4/c1-16-23-25(34(26(36)27(23,2)3)14-18-15-37-28(4,5)39-18)31-24(30-16)21-12-22(20-10-11-38-33-20)35(32-21)13-17-8-6-7-9-19(17)29/h6-12,18H,13-15H2,1-5H3. The molecule has 39 heavy (non-hydrogen) atoms. The van der Waals surface area contributed by atoms with Crippen LogP contribution in [-0.2, 0) is 26.2 Å². The van der Waals surface area contributed by atoms with E-state index in [9.17, 15) is 9.18 Å². The molecule has 10 nitrogen and oxygen atoms in total. The van der Waals surface area contributed by atoms with Crippen LogP contribution in [0.3, 0.4) is 0 Å². The Labute approximate surface area is 224 Å². The lowest BCUT2D eigenvalue weighted by molar-refractivity contribution is -0.138. The Balaban J connectivity index is 1.42. The molecule has 1 saturated heterocycles. The van der Waals surface area contributed by atoms with Gasteiger partial charge in [-0.2, -0.15) is 5.10 Å². The number of carbonyl (C=O) groups excluding carboxylic acids is 1. The lowest BCUT2D eigenvalue weighted by Gasteiger charge is -2.23. The predicted molar refractivity (Wildman–Crippen MR) is 139 cm³/mol. The van der Waals surface area contributed by atoms with E-state index in [1.807, 2.05) is 34.6 Å². The first kappa shape index (κ1) is 25.3. The minimum atomic E-state index is -0.803. The van der Waals surface area contributed by atoms with Crippen LogP contribution in [0, 0.1) is 12.7 Å². The number of amides is 1. The first-order chi connectivity index (χ1) is 18.5. The normalized spacial score (nSPS) is 19.6. The van der Waals surface area contributed by atoms with Gasteiger partial charge in [-0.1, -0.05) is 23.4 Å². The van der Waals surface area contributed by atoms with Crippen LogP contribution in [-0.4, -0.2) is 55.9 Å². The molecule has 0 aliphatic carbocycles. The molecule has 0 saturated carbocycles. The van der Waals surface area contributed by atoms with Gasteiger partial charge in [0.1, 0.15) is 35.4 Å². The van der Waals surface area contributed by atoms with Crippen molar-refractivity contribution in [1.29, 1.82) is 0 Å². The minimum Gasteiger partial charge on any atom is -0.364 e. The summed E-state index contributed by atoms with van der Waals surface area (Å²) >= 11 is 0. The molecule has 6 rings (SSSR count). The van der Waals surface area contributed by atoms with E-state index in [1.165, 1.54) is 12.3 Å². The van der Waals surface area contributed by atoms with Gasteiger partial charge in [0.15, 0.2) is 11.6 Å². The summed E-state index contributed by atoms with van der Waals surface area (Å²) in [6.45, 7) is 10.2. The molecule has 202 valence electrons. The first-order valence-electron chi connectivity index (χ1n) is 12.8. The summed E-state index contributed by atoms with van der Waals surface area (Å²) < 4.78 is 32.9. The van der Waals surface area contributed by atoms with Gasteiger partial charge in [-0.05, 0) is 46.8 Å². The van der Waals surface area contributed by atoms with Crippen molar-refractivity contribution in [3.8, 4) is 22.9 Å². The zero-order valence-corrected chi connectivity index (χ0v) is 22.4. The summed E-state index contributed by atoms with van der Waals surface area (Å²) in [5.41, 5.74) is 2.77. The molecule has 0 radical (unpaired) electrons. The van der Waals surface area contributed by atoms with E-state index in [-0.39, 0.29) is 24.4 Å². The highest BCUT2D eigenvalue weighted by Crippen LogP contribution is 2.43. The summed E-state index contributed by atoms with van der Waals surface area (Å²) in [5, 5.41) is 8.79. The van der Waals surface area contributed by atoms with Crippen LogP contribution in [0.15, 0.2) is 47.2 Å². The van der Waals surface area contributed by atoms with E-state index in [4.69, 9.17) is 29.1 Å². The highest BCUT2D eigenvalue weighted by Gasteiger charge is 2.48. The van der Waals surface area contributed by atoms with E-state index >= 15 is 0 Å². The SMILES string of the molecule is Cc1nc(-c2cc(-c3ccon3)n(Cc3ccccc3F)n2)nc2c1C(C)(C)C(=O)N2CC1COC(C)(C)O1. The monoisotopic (exact) mass is 532 g/mol. The summed E-state index contributed by atoms with van der Waals surface area (Å²) in [7, 11) is 0. The number of fused-ring (bicyclic) bond motifs is 1. The van der Waals surface area contributed by atoms with Crippen LogP contribution in [0.5, 0.6) is 0 Å². The van der Waals surface area contributed by atoms with E-state index < -0.39 is 11.2 Å². The Morgan fingerprint density at radius 2 is 1.90 bits per heavy atom. The Kier molecular flexibility index (Phi) is 5.88. The van der Waals surface area contributed by atoms with Crippen molar-refractivity contribution in [1.82, 2.24) is 24.9 Å². The maximum atomic E-state index is 14.5. The molecule has 0 spiro atoms. The molecule has 1 atom stereocenters. The number of ether oxygens (including phenoxy) is 2. The molecule has 1 unspecified atom stereocenters. The van der Waals surface area contributed by atoms with Crippen molar-refractivity contribution in [2.24, 2.45) is 0 Å². The third kappa shape index (κ3) is 4.41. The quantitative estimate of drug-likeness (QED) is 0.362. The molecule has 0 N–H and O–H groups in total. The Hall–Kier alpha value is -3.96. The largest absolute Gasteiger partial charge is 0.364 e. The van der Waals surface area contributed by atoms with Gasteiger partial charge in [0.2, 0.25) is 5.91 Å². The molecule has 1 fully saturated rings. The van der Waals surface area contributed by atoms with Crippen LogP contribution in [0.1, 0.15) is 44.5 Å². The van der Waals surface area contributed by atoms with Crippen LogP contribution < -0.4 is 4.90 Å². The van der Waals surface area contributed by atoms with Gasteiger partial charge in [0.25, 0.3) is 0 Å². The number of anilines is 1. The Morgan fingerprint density at radius 3 is 2.59 bits per heavy atom. The number of nitrogens with zero attached hydrogens (tertiary/aromatic N) is 6. The fourth-order valence-electron chi connectivity index (χ4n) is 5.35. The second kappa shape index (κ2) is 9.06. The average Bonchev–Trinajstić information content (AvgIpc) is 3.65. The lowest BCUT2D eigenvalue weighted by atomic mass is 9.86. The van der Waals surface area contributed by atoms with Crippen LogP contribution in [0.2, 0.25) is 0 Å². The van der Waals surface area contributed by atoms with Crippen molar-refractivity contribution < 1.29 is 23.2 Å². The summed E-state index contributed by atoms with van der Waals surface area (Å²) in [5.74, 6) is -0.229. The molecule has 11 heteroatoms. The fourth-order valence-corrected chi connectivity index (χ4v) is 5.35. The van der Waals surface area contributed by atoms with Crippen molar-refractivity contribution in [3.63, 3.8) is 0 Å². The second-order valence-corrected chi connectivity index (χ2v) is 10.9. The summed E-state index contributed by atoms with van der Waals surface area (Å²) in [6, 6.07) is 10.0. The number of carbonyl (C=O) groups is 1. The highest BCUT2D eigenvalue weighted by molar-refractivity contribution is 6.07. The van der Waals surface area contributed by atoms with Gasteiger partial charge in [0.05, 0.1) is 30.8 Å². The van der Waals surface area contributed by atoms with Crippen molar-refractivity contribution >= 4 is 11.7 Å².